The molecular weight excluding hydrogens is 212 g/mol. The number of nitrogens with zero attached hydrogens (tertiary/aromatic N) is 1. The number of unbranched alkanes of at least 4 members (excludes halogenated alkanes) is 5. The van der Waals surface area contributed by atoms with Gasteiger partial charge in [-0.15, -0.1) is 0 Å². The molecule has 0 saturated carbocycles. The van der Waals surface area contributed by atoms with Crippen LogP contribution in [0.25, 0.3) is 0 Å². The van der Waals surface area contributed by atoms with E-state index in [9.17, 15) is 0 Å². The van der Waals surface area contributed by atoms with Crippen LogP contribution in [0.1, 0.15) is 51.1 Å². The zero-order chi connectivity index (χ0) is 12.3. The Bertz CT molecular complexity index is 311. The van der Waals surface area contributed by atoms with Crippen molar-refractivity contribution in [2.75, 3.05) is 6.61 Å². The van der Waals surface area contributed by atoms with Gasteiger partial charge in [0.2, 0.25) is 5.90 Å². The second-order valence-electron chi connectivity index (χ2n) is 4.16. The average Bonchev–Trinajstić information content (AvgIpc) is 2.38. The highest BCUT2D eigenvalue weighted by molar-refractivity contribution is 5.89. The molecule has 0 unspecified atom stereocenters. The summed E-state index contributed by atoms with van der Waals surface area (Å²) in [5.41, 5.74) is 0.610. The smallest absolute Gasteiger partial charge is 0.232 e. The van der Waals surface area contributed by atoms with Gasteiger partial charge in [-0.05, 0) is 18.6 Å². The Balaban J connectivity index is 2.05. The van der Waals surface area contributed by atoms with Gasteiger partial charge >= 0.3 is 0 Å². The summed E-state index contributed by atoms with van der Waals surface area (Å²) in [4.78, 5) is 4.07. The van der Waals surface area contributed by atoms with Crippen molar-refractivity contribution in [3.8, 4) is 0 Å². The van der Waals surface area contributed by atoms with Crippen LogP contribution in [0.4, 0.5) is 0 Å². The summed E-state index contributed by atoms with van der Waals surface area (Å²) in [6.45, 7) is 2.85. The van der Waals surface area contributed by atoms with Crippen LogP contribution in [0.3, 0.4) is 0 Å². The number of hydrogen-bond donors (Lipinski definition) is 1. The molecule has 0 atom stereocenters. The number of aromatic nitrogens is 1. The molecule has 1 rings (SSSR count). The summed E-state index contributed by atoms with van der Waals surface area (Å²) in [6.07, 6.45) is 9.08. The van der Waals surface area contributed by atoms with E-state index in [0.717, 1.165) is 6.42 Å². The van der Waals surface area contributed by atoms with Gasteiger partial charge in [0.15, 0.2) is 0 Å². The van der Waals surface area contributed by atoms with E-state index < -0.39 is 0 Å². The molecule has 1 aromatic rings. The van der Waals surface area contributed by atoms with Crippen molar-refractivity contribution in [3.05, 3.63) is 30.1 Å². The van der Waals surface area contributed by atoms with Gasteiger partial charge in [0.1, 0.15) is 5.69 Å². The lowest BCUT2D eigenvalue weighted by atomic mass is 10.1. The summed E-state index contributed by atoms with van der Waals surface area (Å²) in [5, 5.41) is 7.69. The van der Waals surface area contributed by atoms with E-state index in [1.165, 1.54) is 32.1 Å². The van der Waals surface area contributed by atoms with Gasteiger partial charge in [-0.1, -0.05) is 45.1 Å². The van der Waals surface area contributed by atoms with Gasteiger partial charge in [-0.3, -0.25) is 10.4 Å². The Morgan fingerprint density at radius 2 is 1.94 bits per heavy atom. The molecule has 1 heterocycles. The third-order valence-electron chi connectivity index (χ3n) is 2.64. The first-order chi connectivity index (χ1) is 8.34. The van der Waals surface area contributed by atoms with Crippen molar-refractivity contribution < 1.29 is 4.74 Å². The van der Waals surface area contributed by atoms with E-state index in [4.69, 9.17) is 10.1 Å². The number of ether oxygens (including phenoxy) is 1. The molecule has 0 aliphatic carbocycles. The number of nitrogens with one attached hydrogen (secondary N) is 1. The monoisotopic (exact) mass is 234 g/mol. The molecule has 0 fully saturated rings. The topological polar surface area (TPSA) is 46.0 Å². The van der Waals surface area contributed by atoms with E-state index in [0.29, 0.717) is 12.3 Å². The molecule has 17 heavy (non-hydrogen) atoms. The second-order valence-corrected chi connectivity index (χ2v) is 4.16. The van der Waals surface area contributed by atoms with Crippen LogP contribution in [0.15, 0.2) is 24.4 Å². The lowest BCUT2D eigenvalue weighted by Gasteiger charge is -2.06. The van der Waals surface area contributed by atoms with E-state index in [1.807, 2.05) is 12.1 Å². The van der Waals surface area contributed by atoms with Gasteiger partial charge in [0.05, 0.1) is 6.61 Å². The third kappa shape index (κ3) is 6.05. The first-order valence-corrected chi connectivity index (χ1v) is 6.47. The molecule has 3 heteroatoms. The van der Waals surface area contributed by atoms with Crippen molar-refractivity contribution in [2.24, 2.45) is 0 Å². The predicted molar refractivity (Wildman–Crippen MR) is 70.4 cm³/mol. The van der Waals surface area contributed by atoms with Crippen molar-refractivity contribution in [3.63, 3.8) is 0 Å². The summed E-state index contributed by atoms with van der Waals surface area (Å²) >= 11 is 0. The van der Waals surface area contributed by atoms with Crippen LogP contribution in [-0.2, 0) is 4.74 Å². The first-order valence-electron chi connectivity index (χ1n) is 6.47. The lowest BCUT2D eigenvalue weighted by molar-refractivity contribution is 0.289. The molecule has 0 aromatic carbocycles. The standard InChI is InChI=1S/C14H22N2O/c1-2-3-4-5-6-9-12-17-14(15)13-10-7-8-11-16-13/h7-8,10-11,15H,2-6,9,12H2,1H3. The maximum atomic E-state index is 7.69. The number of rotatable bonds is 8. The van der Waals surface area contributed by atoms with Crippen LogP contribution < -0.4 is 0 Å². The van der Waals surface area contributed by atoms with Gasteiger partial charge in [0, 0.05) is 6.20 Å². The summed E-state index contributed by atoms with van der Waals surface area (Å²) in [6, 6.07) is 5.50. The van der Waals surface area contributed by atoms with Gasteiger partial charge < -0.3 is 4.74 Å². The Kier molecular flexibility index (Phi) is 7.03. The molecule has 3 nitrogen and oxygen atoms in total. The number of pyridine rings is 1. The van der Waals surface area contributed by atoms with Crippen molar-refractivity contribution in [1.29, 1.82) is 5.41 Å². The van der Waals surface area contributed by atoms with Crippen LogP contribution >= 0.6 is 0 Å². The molecule has 1 aromatic heterocycles. The van der Waals surface area contributed by atoms with Crippen LogP contribution in [0.2, 0.25) is 0 Å². The van der Waals surface area contributed by atoms with E-state index >= 15 is 0 Å². The zero-order valence-corrected chi connectivity index (χ0v) is 10.6. The normalized spacial score (nSPS) is 10.2. The highest BCUT2D eigenvalue weighted by Gasteiger charge is 2.02. The molecule has 0 aliphatic rings. The van der Waals surface area contributed by atoms with Crippen LogP contribution in [-0.4, -0.2) is 17.5 Å². The minimum absolute atomic E-state index is 0.180. The molecule has 94 valence electrons. The fourth-order valence-electron chi connectivity index (χ4n) is 1.63. The molecule has 0 spiro atoms. The molecule has 1 N–H and O–H groups in total. The minimum atomic E-state index is 0.180. The molecule has 0 saturated heterocycles. The second kappa shape index (κ2) is 8.74. The lowest BCUT2D eigenvalue weighted by Crippen LogP contribution is -2.08. The molecule has 0 aliphatic heterocycles. The zero-order valence-electron chi connectivity index (χ0n) is 10.6. The Hall–Kier alpha value is -1.38. The summed E-state index contributed by atoms with van der Waals surface area (Å²) < 4.78 is 5.36. The van der Waals surface area contributed by atoms with E-state index in [-0.39, 0.29) is 5.90 Å². The van der Waals surface area contributed by atoms with Crippen molar-refractivity contribution in [2.45, 2.75) is 45.4 Å². The minimum Gasteiger partial charge on any atom is -0.477 e. The average molecular weight is 234 g/mol. The predicted octanol–water partition coefficient (Wildman–Crippen LogP) is 3.78. The SMILES string of the molecule is CCCCCCCCOC(=N)c1ccccn1. The first kappa shape index (κ1) is 13.7. The highest BCUT2D eigenvalue weighted by atomic mass is 16.5. The van der Waals surface area contributed by atoms with Crippen molar-refractivity contribution in [1.82, 2.24) is 4.98 Å². The Morgan fingerprint density at radius 3 is 2.65 bits per heavy atom. The van der Waals surface area contributed by atoms with Crippen molar-refractivity contribution >= 4 is 5.90 Å². The molecular formula is C14H22N2O. The van der Waals surface area contributed by atoms with E-state index in [1.54, 1.807) is 12.3 Å². The summed E-state index contributed by atoms with van der Waals surface area (Å²) in [7, 11) is 0. The van der Waals surface area contributed by atoms with Gasteiger partial charge in [0.25, 0.3) is 0 Å². The van der Waals surface area contributed by atoms with Crippen LogP contribution in [0, 0.1) is 5.41 Å². The highest BCUT2D eigenvalue weighted by Crippen LogP contribution is 2.05. The fourth-order valence-corrected chi connectivity index (χ4v) is 1.63. The Labute approximate surface area is 104 Å². The maximum Gasteiger partial charge on any atom is 0.232 e. The fraction of sp³-hybridized carbons (Fsp3) is 0.571. The van der Waals surface area contributed by atoms with Gasteiger partial charge in [-0.25, -0.2) is 0 Å². The molecule has 0 amide bonds. The van der Waals surface area contributed by atoms with Gasteiger partial charge in [-0.2, -0.15) is 0 Å². The van der Waals surface area contributed by atoms with Crippen LogP contribution in [0.5, 0.6) is 0 Å². The molecule has 0 bridgehead atoms. The Morgan fingerprint density at radius 1 is 1.18 bits per heavy atom. The largest absolute Gasteiger partial charge is 0.477 e. The third-order valence-corrected chi connectivity index (χ3v) is 2.64. The van der Waals surface area contributed by atoms with E-state index in [2.05, 4.69) is 11.9 Å². The summed E-state index contributed by atoms with van der Waals surface area (Å²) in [5.74, 6) is 0.180. The molecule has 0 radical (unpaired) electrons. The quantitative estimate of drug-likeness (QED) is 0.422. The number of hydrogen-bond acceptors (Lipinski definition) is 3. The maximum absolute atomic E-state index is 7.69.